The van der Waals surface area contributed by atoms with E-state index in [0.717, 1.165) is 10.5 Å². The topological polar surface area (TPSA) is 57.7 Å². The Balaban J connectivity index is 1.90. The molecule has 0 spiro atoms. The summed E-state index contributed by atoms with van der Waals surface area (Å²) in [7, 11) is 0. The molecule has 2 aromatic rings. The van der Waals surface area contributed by atoms with Crippen molar-refractivity contribution >= 4 is 23.4 Å². The molecule has 0 bridgehead atoms. The molecule has 0 aromatic heterocycles. The molecule has 5 nitrogen and oxygen atoms in total. The minimum atomic E-state index is -0.873. The van der Waals surface area contributed by atoms with Gasteiger partial charge in [-0.3, -0.25) is 14.4 Å². The van der Waals surface area contributed by atoms with E-state index >= 15 is 0 Å². The smallest absolute Gasteiger partial charge is 0.257 e. The molecule has 3 amide bonds. The number of benzene rings is 2. The lowest BCUT2D eigenvalue weighted by molar-refractivity contribution is -0.140. The number of rotatable bonds is 5. The van der Waals surface area contributed by atoms with Crippen molar-refractivity contribution in [1.82, 2.24) is 4.90 Å². The van der Waals surface area contributed by atoms with Gasteiger partial charge in [-0.1, -0.05) is 51.1 Å². The molecular formula is C23H25FN2O3. The van der Waals surface area contributed by atoms with Crippen molar-refractivity contribution in [3.05, 3.63) is 66.0 Å². The second-order valence-electron chi connectivity index (χ2n) is 8.51. The highest BCUT2D eigenvalue weighted by molar-refractivity contribution is 6.23. The van der Waals surface area contributed by atoms with Gasteiger partial charge >= 0.3 is 0 Å². The van der Waals surface area contributed by atoms with E-state index in [1.54, 1.807) is 0 Å². The van der Waals surface area contributed by atoms with Crippen molar-refractivity contribution in [3.63, 3.8) is 0 Å². The van der Waals surface area contributed by atoms with Crippen LogP contribution in [-0.2, 0) is 20.9 Å². The second kappa shape index (κ2) is 8.15. The number of imide groups is 1. The van der Waals surface area contributed by atoms with Gasteiger partial charge in [-0.2, -0.15) is 0 Å². The van der Waals surface area contributed by atoms with Crippen LogP contribution >= 0.6 is 0 Å². The molecule has 1 unspecified atom stereocenters. The largest absolute Gasteiger partial charge is 0.326 e. The van der Waals surface area contributed by atoms with Crippen LogP contribution in [0.2, 0.25) is 0 Å². The van der Waals surface area contributed by atoms with E-state index in [1.165, 1.54) is 29.2 Å². The Hall–Kier alpha value is -3.02. The van der Waals surface area contributed by atoms with E-state index in [4.69, 9.17) is 0 Å². The minimum Gasteiger partial charge on any atom is -0.326 e. The first kappa shape index (κ1) is 20.7. The lowest BCUT2D eigenvalue weighted by atomic mass is 9.91. The molecule has 1 saturated heterocycles. The van der Waals surface area contributed by atoms with Crippen LogP contribution in [0, 0.1) is 11.2 Å². The van der Waals surface area contributed by atoms with Crippen LogP contribution < -0.4 is 4.90 Å². The van der Waals surface area contributed by atoms with Crippen LogP contribution in [0.15, 0.2) is 54.6 Å². The average Bonchev–Trinajstić information content (AvgIpc) is 2.94. The van der Waals surface area contributed by atoms with Crippen molar-refractivity contribution in [2.24, 2.45) is 5.41 Å². The number of amides is 3. The highest BCUT2D eigenvalue weighted by atomic mass is 19.1. The van der Waals surface area contributed by atoms with Gasteiger partial charge in [0.2, 0.25) is 11.8 Å². The number of anilines is 1. The fraction of sp³-hybridized carbons (Fsp3) is 0.348. The molecule has 1 aliphatic heterocycles. The highest BCUT2D eigenvalue weighted by Gasteiger charge is 2.44. The van der Waals surface area contributed by atoms with E-state index in [-0.39, 0.29) is 30.7 Å². The van der Waals surface area contributed by atoms with E-state index in [2.05, 4.69) is 0 Å². The van der Waals surface area contributed by atoms with Crippen LogP contribution in [0.1, 0.15) is 39.2 Å². The molecule has 1 aliphatic rings. The van der Waals surface area contributed by atoms with Crippen LogP contribution in [0.25, 0.3) is 0 Å². The zero-order valence-electron chi connectivity index (χ0n) is 16.9. The molecule has 152 valence electrons. The van der Waals surface area contributed by atoms with Gasteiger partial charge in [0.25, 0.3) is 5.91 Å². The van der Waals surface area contributed by atoms with Gasteiger partial charge in [0.05, 0.1) is 12.1 Å². The Morgan fingerprint density at radius 1 is 1.07 bits per heavy atom. The van der Waals surface area contributed by atoms with Gasteiger partial charge in [-0.15, -0.1) is 0 Å². The second-order valence-corrected chi connectivity index (χ2v) is 8.51. The van der Waals surface area contributed by atoms with Gasteiger partial charge in [0, 0.05) is 13.0 Å². The molecule has 0 radical (unpaired) electrons. The van der Waals surface area contributed by atoms with E-state index in [9.17, 15) is 18.8 Å². The number of halogens is 1. The van der Waals surface area contributed by atoms with Crippen LogP contribution in [-0.4, -0.2) is 28.7 Å². The predicted molar refractivity (Wildman–Crippen MR) is 108 cm³/mol. The summed E-state index contributed by atoms with van der Waals surface area (Å²) in [4.78, 5) is 41.4. The first-order chi connectivity index (χ1) is 13.7. The molecule has 29 heavy (non-hydrogen) atoms. The number of nitrogens with zero attached hydrogens (tertiary/aromatic N) is 2. The molecule has 2 aromatic carbocycles. The summed E-state index contributed by atoms with van der Waals surface area (Å²) in [5.74, 6) is -1.48. The van der Waals surface area contributed by atoms with Crippen LogP contribution in [0.4, 0.5) is 10.1 Å². The maximum absolute atomic E-state index is 13.2. The summed E-state index contributed by atoms with van der Waals surface area (Å²) in [5, 5.41) is 0. The SMILES string of the molecule is CC(C)(C)CC(=O)N(Cc1ccccc1)C1CC(=O)N(c2ccc(F)cc2)C1=O. The van der Waals surface area contributed by atoms with Gasteiger partial charge in [0.15, 0.2) is 0 Å². The fourth-order valence-corrected chi connectivity index (χ4v) is 3.43. The standard InChI is InChI=1S/C23H25FN2O3/c1-23(2,3)14-21(28)25(15-16-7-5-4-6-8-16)19-13-20(27)26(22(19)29)18-11-9-17(24)10-12-18/h4-12,19H,13-15H2,1-3H3. The molecule has 1 atom stereocenters. The Labute approximate surface area is 170 Å². The predicted octanol–water partition coefficient (Wildman–Crippen LogP) is 3.92. The van der Waals surface area contributed by atoms with Gasteiger partial charge in [-0.05, 0) is 35.2 Å². The summed E-state index contributed by atoms with van der Waals surface area (Å²) in [5.41, 5.74) is 0.941. The number of carbonyl (C=O) groups is 3. The van der Waals surface area contributed by atoms with Crippen molar-refractivity contribution in [3.8, 4) is 0 Å². The van der Waals surface area contributed by atoms with E-state index < -0.39 is 23.7 Å². The van der Waals surface area contributed by atoms with Crippen molar-refractivity contribution in [1.29, 1.82) is 0 Å². The zero-order chi connectivity index (χ0) is 21.2. The summed E-state index contributed by atoms with van der Waals surface area (Å²) in [6.07, 6.45) is 0.174. The van der Waals surface area contributed by atoms with Crippen molar-refractivity contribution in [2.45, 2.75) is 46.2 Å². The molecule has 0 N–H and O–H groups in total. The summed E-state index contributed by atoms with van der Waals surface area (Å²) in [6, 6.07) is 13.7. The third-order valence-electron chi connectivity index (χ3n) is 4.78. The molecule has 6 heteroatoms. The summed E-state index contributed by atoms with van der Waals surface area (Å²) >= 11 is 0. The fourth-order valence-electron chi connectivity index (χ4n) is 3.43. The van der Waals surface area contributed by atoms with E-state index in [1.807, 2.05) is 51.1 Å². The maximum Gasteiger partial charge on any atom is 0.257 e. The Morgan fingerprint density at radius 3 is 2.28 bits per heavy atom. The molecule has 0 saturated carbocycles. The first-order valence-electron chi connectivity index (χ1n) is 9.61. The van der Waals surface area contributed by atoms with Crippen LogP contribution in [0.3, 0.4) is 0 Å². The van der Waals surface area contributed by atoms with Gasteiger partial charge in [-0.25, -0.2) is 9.29 Å². The Bertz CT molecular complexity index is 904. The average molecular weight is 396 g/mol. The number of hydrogen-bond donors (Lipinski definition) is 0. The monoisotopic (exact) mass is 396 g/mol. The lowest BCUT2D eigenvalue weighted by Gasteiger charge is -2.30. The third-order valence-corrected chi connectivity index (χ3v) is 4.78. The highest BCUT2D eigenvalue weighted by Crippen LogP contribution is 2.29. The molecule has 1 fully saturated rings. The number of carbonyl (C=O) groups excluding carboxylic acids is 3. The molecule has 3 rings (SSSR count). The van der Waals surface area contributed by atoms with Gasteiger partial charge in [0.1, 0.15) is 11.9 Å². The lowest BCUT2D eigenvalue weighted by Crippen LogP contribution is -2.46. The zero-order valence-corrected chi connectivity index (χ0v) is 16.9. The third kappa shape index (κ3) is 4.88. The van der Waals surface area contributed by atoms with Crippen molar-refractivity contribution in [2.75, 3.05) is 4.90 Å². The van der Waals surface area contributed by atoms with Crippen LogP contribution in [0.5, 0.6) is 0 Å². The first-order valence-corrected chi connectivity index (χ1v) is 9.61. The van der Waals surface area contributed by atoms with Crippen molar-refractivity contribution < 1.29 is 18.8 Å². The molecular weight excluding hydrogens is 371 g/mol. The quantitative estimate of drug-likeness (QED) is 0.720. The normalized spacial score (nSPS) is 17.0. The summed E-state index contributed by atoms with van der Waals surface area (Å²) < 4.78 is 13.2. The maximum atomic E-state index is 13.2. The Morgan fingerprint density at radius 2 is 1.69 bits per heavy atom. The van der Waals surface area contributed by atoms with E-state index in [0.29, 0.717) is 5.69 Å². The molecule has 0 aliphatic carbocycles. The Kier molecular flexibility index (Phi) is 5.82. The summed E-state index contributed by atoms with van der Waals surface area (Å²) in [6.45, 7) is 6.12. The minimum absolute atomic E-state index is 0.0844. The van der Waals surface area contributed by atoms with Gasteiger partial charge < -0.3 is 4.90 Å². The molecule has 1 heterocycles. The number of hydrogen-bond acceptors (Lipinski definition) is 3.